The number of hydrogen-bond acceptors (Lipinski definition) is 6. The fourth-order valence-corrected chi connectivity index (χ4v) is 3.65. The lowest BCUT2D eigenvalue weighted by Crippen LogP contribution is -2.10. The minimum absolute atomic E-state index is 0.0887. The zero-order chi connectivity index (χ0) is 17.3. The number of phenols is 1. The van der Waals surface area contributed by atoms with Gasteiger partial charge in [-0.25, -0.2) is 4.79 Å². The van der Waals surface area contributed by atoms with E-state index in [9.17, 15) is 9.90 Å². The molecule has 0 amide bonds. The Morgan fingerprint density at radius 3 is 2.21 bits per heavy atom. The van der Waals surface area contributed by atoms with Crippen molar-refractivity contribution < 1.29 is 23.7 Å². The molecule has 6 heteroatoms. The molecule has 1 N–H and O–H groups in total. The predicted molar refractivity (Wildman–Crippen MR) is 89.6 cm³/mol. The number of phenolic OH excluding ortho intramolecular Hbond substituents is 1. The van der Waals surface area contributed by atoms with Crippen molar-refractivity contribution in [2.24, 2.45) is 0 Å². The molecule has 3 rings (SSSR count). The molecule has 1 aromatic heterocycles. The molecule has 0 spiro atoms. The lowest BCUT2D eigenvalue weighted by molar-refractivity contribution is 0.315. The fraction of sp³-hybridized carbons (Fsp3) is 0.500. The first kappa shape index (κ1) is 16.5. The second-order valence-corrected chi connectivity index (χ2v) is 6.01. The van der Waals surface area contributed by atoms with Gasteiger partial charge in [0.15, 0.2) is 11.3 Å². The number of ether oxygens (including phenoxy) is 3. The molecule has 1 saturated carbocycles. The summed E-state index contributed by atoms with van der Waals surface area (Å²) in [5.41, 5.74) is 0.641. The third kappa shape index (κ3) is 2.56. The summed E-state index contributed by atoms with van der Waals surface area (Å²) in [4.78, 5) is 12.1. The highest BCUT2D eigenvalue weighted by atomic mass is 16.5. The van der Waals surface area contributed by atoms with Crippen molar-refractivity contribution in [2.75, 3.05) is 21.3 Å². The maximum Gasteiger partial charge on any atom is 0.336 e. The Bertz CT molecular complexity index is 801. The maximum absolute atomic E-state index is 12.1. The molecular formula is C18H22O6. The molecular weight excluding hydrogens is 312 g/mol. The zero-order valence-corrected chi connectivity index (χ0v) is 14.2. The summed E-state index contributed by atoms with van der Waals surface area (Å²) in [6.07, 6.45) is 5.44. The number of benzene rings is 1. The first-order chi connectivity index (χ1) is 11.6. The van der Waals surface area contributed by atoms with E-state index >= 15 is 0 Å². The smallest absolute Gasteiger partial charge is 0.336 e. The van der Waals surface area contributed by atoms with Crippen LogP contribution in [0.15, 0.2) is 15.3 Å². The van der Waals surface area contributed by atoms with Gasteiger partial charge in [0.05, 0.1) is 26.7 Å². The quantitative estimate of drug-likeness (QED) is 0.861. The SMILES string of the molecule is COc1c(O)c(OC)c2c(C3CCCCC3)cc(=O)oc2c1OC. The van der Waals surface area contributed by atoms with Crippen molar-refractivity contribution in [3.8, 4) is 23.0 Å². The Hall–Kier alpha value is -2.37. The van der Waals surface area contributed by atoms with Gasteiger partial charge < -0.3 is 23.7 Å². The highest BCUT2D eigenvalue weighted by Crippen LogP contribution is 2.52. The molecule has 6 nitrogen and oxygen atoms in total. The van der Waals surface area contributed by atoms with Crippen LogP contribution in [-0.4, -0.2) is 26.4 Å². The fourth-order valence-electron chi connectivity index (χ4n) is 3.65. The number of methoxy groups -OCH3 is 3. The van der Waals surface area contributed by atoms with Gasteiger partial charge in [-0.2, -0.15) is 0 Å². The molecule has 0 saturated heterocycles. The minimum atomic E-state index is -0.448. The number of aromatic hydroxyl groups is 1. The molecule has 24 heavy (non-hydrogen) atoms. The molecule has 0 bridgehead atoms. The van der Waals surface area contributed by atoms with Gasteiger partial charge in [-0.3, -0.25) is 0 Å². The van der Waals surface area contributed by atoms with Crippen molar-refractivity contribution in [3.63, 3.8) is 0 Å². The molecule has 0 atom stereocenters. The average molecular weight is 334 g/mol. The number of fused-ring (bicyclic) bond motifs is 1. The van der Waals surface area contributed by atoms with Gasteiger partial charge in [-0.05, 0) is 24.3 Å². The summed E-state index contributed by atoms with van der Waals surface area (Å²) in [5.74, 6) is 0.602. The molecule has 1 fully saturated rings. The second-order valence-electron chi connectivity index (χ2n) is 6.01. The van der Waals surface area contributed by atoms with E-state index < -0.39 is 5.63 Å². The molecule has 130 valence electrons. The van der Waals surface area contributed by atoms with Crippen LogP contribution in [0.3, 0.4) is 0 Å². The van der Waals surface area contributed by atoms with Gasteiger partial charge in [0, 0.05) is 6.07 Å². The maximum atomic E-state index is 12.1. The molecule has 0 unspecified atom stereocenters. The standard InChI is InChI=1S/C18H22O6/c1-21-15-13-11(10-7-5-4-6-8-10)9-12(19)24-16(13)18(23-3)17(22-2)14(15)20/h9-10,20H,4-8H2,1-3H3. The van der Waals surface area contributed by atoms with Gasteiger partial charge >= 0.3 is 5.63 Å². The highest BCUT2D eigenvalue weighted by molar-refractivity contribution is 5.97. The van der Waals surface area contributed by atoms with Gasteiger partial charge in [-0.1, -0.05) is 19.3 Å². The van der Waals surface area contributed by atoms with Crippen LogP contribution in [0.1, 0.15) is 43.6 Å². The normalized spacial score (nSPS) is 15.5. The van der Waals surface area contributed by atoms with E-state index in [0.717, 1.165) is 31.2 Å². The molecule has 1 aliphatic carbocycles. The van der Waals surface area contributed by atoms with Crippen molar-refractivity contribution in [3.05, 3.63) is 22.0 Å². The van der Waals surface area contributed by atoms with Crippen molar-refractivity contribution in [2.45, 2.75) is 38.0 Å². The number of hydrogen-bond donors (Lipinski definition) is 1. The summed E-state index contributed by atoms with van der Waals surface area (Å²) in [6.45, 7) is 0. The lowest BCUT2D eigenvalue weighted by Gasteiger charge is -2.24. The van der Waals surface area contributed by atoms with Crippen LogP contribution in [0.5, 0.6) is 23.0 Å². The first-order valence-electron chi connectivity index (χ1n) is 8.11. The van der Waals surface area contributed by atoms with E-state index in [2.05, 4.69) is 0 Å². The molecule has 1 aromatic carbocycles. The first-order valence-corrected chi connectivity index (χ1v) is 8.11. The Balaban J connectivity index is 2.40. The van der Waals surface area contributed by atoms with Crippen LogP contribution in [-0.2, 0) is 0 Å². The molecule has 1 heterocycles. The summed E-state index contributed by atoms with van der Waals surface area (Å²) < 4.78 is 21.4. The molecule has 0 aliphatic heterocycles. The molecule has 2 aromatic rings. The largest absolute Gasteiger partial charge is 0.502 e. The summed E-state index contributed by atoms with van der Waals surface area (Å²) >= 11 is 0. The summed E-state index contributed by atoms with van der Waals surface area (Å²) in [6, 6.07) is 1.51. The minimum Gasteiger partial charge on any atom is -0.502 e. The van der Waals surface area contributed by atoms with Gasteiger partial charge in [-0.15, -0.1) is 0 Å². The van der Waals surface area contributed by atoms with E-state index in [1.165, 1.54) is 33.8 Å². The van der Waals surface area contributed by atoms with E-state index in [1.807, 2.05) is 0 Å². The van der Waals surface area contributed by atoms with Crippen LogP contribution < -0.4 is 19.8 Å². The monoisotopic (exact) mass is 334 g/mol. The van der Waals surface area contributed by atoms with Crippen LogP contribution in [0.2, 0.25) is 0 Å². The van der Waals surface area contributed by atoms with Gasteiger partial charge in [0.25, 0.3) is 0 Å². The third-order valence-corrected chi connectivity index (χ3v) is 4.72. The number of rotatable bonds is 4. The Morgan fingerprint density at radius 2 is 1.62 bits per heavy atom. The average Bonchev–Trinajstić information content (AvgIpc) is 2.61. The van der Waals surface area contributed by atoms with Crippen LogP contribution in [0, 0.1) is 0 Å². The van der Waals surface area contributed by atoms with Crippen LogP contribution in [0.25, 0.3) is 11.0 Å². The third-order valence-electron chi connectivity index (χ3n) is 4.72. The second kappa shape index (κ2) is 6.63. The van der Waals surface area contributed by atoms with Gasteiger partial charge in [0.1, 0.15) is 0 Å². The van der Waals surface area contributed by atoms with Crippen LogP contribution >= 0.6 is 0 Å². The Morgan fingerprint density at radius 1 is 1.00 bits per heavy atom. The van der Waals surface area contributed by atoms with Crippen molar-refractivity contribution >= 4 is 11.0 Å². The van der Waals surface area contributed by atoms with E-state index in [4.69, 9.17) is 18.6 Å². The summed E-state index contributed by atoms with van der Waals surface area (Å²) in [5, 5.41) is 11.1. The summed E-state index contributed by atoms with van der Waals surface area (Å²) in [7, 11) is 4.32. The van der Waals surface area contributed by atoms with Crippen molar-refractivity contribution in [1.29, 1.82) is 0 Å². The van der Waals surface area contributed by atoms with E-state index in [1.54, 1.807) is 0 Å². The Labute approximate surface area is 139 Å². The topological polar surface area (TPSA) is 78.1 Å². The predicted octanol–water partition coefficient (Wildman–Crippen LogP) is 3.57. The van der Waals surface area contributed by atoms with Crippen LogP contribution in [0.4, 0.5) is 0 Å². The lowest BCUT2D eigenvalue weighted by atomic mass is 9.82. The molecule has 0 radical (unpaired) electrons. The van der Waals surface area contributed by atoms with Gasteiger partial charge in [0.2, 0.25) is 17.2 Å². The van der Waals surface area contributed by atoms with E-state index in [-0.39, 0.29) is 34.5 Å². The highest BCUT2D eigenvalue weighted by Gasteiger charge is 2.29. The molecule has 1 aliphatic rings. The van der Waals surface area contributed by atoms with Crippen molar-refractivity contribution in [1.82, 2.24) is 0 Å². The zero-order valence-electron chi connectivity index (χ0n) is 14.2. The van der Waals surface area contributed by atoms with E-state index in [0.29, 0.717) is 5.39 Å². The Kier molecular flexibility index (Phi) is 4.55.